The second-order valence-corrected chi connectivity index (χ2v) is 4.04. The van der Waals surface area contributed by atoms with Crippen LogP contribution in [0, 0.1) is 0 Å². The van der Waals surface area contributed by atoms with Crippen LogP contribution in [0.3, 0.4) is 0 Å². The summed E-state index contributed by atoms with van der Waals surface area (Å²) in [5.74, 6) is 0.653. The van der Waals surface area contributed by atoms with Gasteiger partial charge in [0.25, 0.3) is 5.91 Å². The minimum atomic E-state index is -0.460. The molecule has 1 aliphatic heterocycles. The lowest BCUT2D eigenvalue weighted by Crippen LogP contribution is -2.46. The largest absolute Gasteiger partial charge is 0.479 e. The van der Waals surface area contributed by atoms with E-state index in [1.54, 1.807) is 11.8 Å². The highest BCUT2D eigenvalue weighted by Gasteiger charge is 2.30. The maximum Gasteiger partial charge on any atom is 0.267 e. The molecular formula is C12H17N3O2. The summed E-state index contributed by atoms with van der Waals surface area (Å²) in [6, 6.07) is 5.64. The lowest BCUT2D eigenvalue weighted by Gasteiger charge is -2.33. The number of amides is 1. The molecule has 5 nitrogen and oxygen atoms in total. The maximum absolute atomic E-state index is 12.0. The summed E-state index contributed by atoms with van der Waals surface area (Å²) in [6.07, 6.45) is -0.460. The van der Waals surface area contributed by atoms with Crippen molar-refractivity contribution in [2.24, 2.45) is 11.5 Å². The van der Waals surface area contributed by atoms with E-state index in [0.717, 1.165) is 11.3 Å². The Labute approximate surface area is 100 Å². The molecule has 0 aliphatic carbocycles. The number of carbonyl (C=O) groups excluding carboxylic acids is 1. The standard InChI is InChI=1S/C12H17N3O2/c1-8-12(16)15(5-4-13)10-6-9(7-14)2-3-11(10)17-8/h2-3,6,8H,4-5,7,13-14H2,1H3. The molecule has 0 radical (unpaired) electrons. The minimum absolute atomic E-state index is 0.0582. The fraction of sp³-hybridized carbons (Fsp3) is 0.417. The molecule has 1 aliphatic rings. The third-order valence-electron chi connectivity index (χ3n) is 2.82. The quantitative estimate of drug-likeness (QED) is 0.785. The molecule has 1 aromatic carbocycles. The molecule has 2 rings (SSSR count). The summed E-state index contributed by atoms with van der Waals surface area (Å²) in [5, 5.41) is 0. The Morgan fingerprint density at radius 3 is 2.82 bits per heavy atom. The number of benzene rings is 1. The summed E-state index contributed by atoms with van der Waals surface area (Å²) in [7, 11) is 0. The Morgan fingerprint density at radius 1 is 1.41 bits per heavy atom. The lowest BCUT2D eigenvalue weighted by molar-refractivity contribution is -0.125. The van der Waals surface area contributed by atoms with Crippen molar-refractivity contribution < 1.29 is 9.53 Å². The van der Waals surface area contributed by atoms with Crippen molar-refractivity contribution in [3.05, 3.63) is 23.8 Å². The Bertz CT molecular complexity index is 434. The van der Waals surface area contributed by atoms with Gasteiger partial charge in [0.15, 0.2) is 6.10 Å². The van der Waals surface area contributed by atoms with E-state index in [2.05, 4.69) is 0 Å². The van der Waals surface area contributed by atoms with Crippen molar-refractivity contribution in [2.45, 2.75) is 19.6 Å². The highest BCUT2D eigenvalue weighted by atomic mass is 16.5. The second kappa shape index (κ2) is 4.73. The predicted molar refractivity (Wildman–Crippen MR) is 65.8 cm³/mol. The van der Waals surface area contributed by atoms with Crippen molar-refractivity contribution in [1.29, 1.82) is 0 Å². The molecule has 1 aromatic rings. The summed E-state index contributed by atoms with van der Waals surface area (Å²) in [6.45, 7) is 3.09. The van der Waals surface area contributed by atoms with Gasteiger partial charge >= 0.3 is 0 Å². The van der Waals surface area contributed by atoms with Gasteiger partial charge in [-0.25, -0.2) is 0 Å². The summed E-state index contributed by atoms with van der Waals surface area (Å²) in [5.41, 5.74) is 12.9. The monoisotopic (exact) mass is 235 g/mol. The molecule has 1 amide bonds. The maximum atomic E-state index is 12.0. The van der Waals surface area contributed by atoms with Crippen LogP contribution < -0.4 is 21.1 Å². The number of carbonyl (C=O) groups is 1. The van der Waals surface area contributed by atoms with Crippen LogP contribution in [-0.2, 0) is 11.3 Å². The number of hydrogen-bond donors (Lipinski definition) is 2. The summed E-state index contributed by atoms with van der Waals surface area (Å²) in [4.78, 5) is 13.7. The smallest absolute Gasteiger partial charge is 0.267 e. The van der Waals surface area contributed by atoms with Gasteiger partial charge in [-0.2, -0.15) is 0 Å². The SMILES string of the molecule is CC1Oc2ccc(CN)cc2N(CCN)C1=O. The third-order valence-corrected chi connectivity index (χ3v) is 2.82. The van der Waals surface area contributed by atoms with Gasteiger partial charge < -0.3 is 21.1 Å². The fourth-order valence-electron chi connectivity index (χ4n) is 1.94. The van der Waals surface area contributed by atoms with Crippen LogP contribution in [0.4, 0.5) is 5.69 Å². The van der Waals surface area contributed by atoms with Gasteiger partial charge in [-0.15, -0.1) is 0 Å². The zero-order valence-corrected chi connectivity index (χ0v) is 9.85. The fourth-order valence-corrected chi connectivity index (χ4v) is 1.94. The zero-order chi connectivity index (χ0) is 12.4. The number of hydrogen-bond acceptors (Lipinski definition) is 4. The van der Waals surface area contributed by atoms with Crippen LogP contribution in [0.15, 0.2) is 18.2 Å². The van der Waals surface area contributed by atoms with Crippen LogP contribution >= 0.6 is 0 Å². The van der Waals surface area contributed by atoms with Crippen LogP contribution in [0.1, 0.15) is 12.5 Å². The van der Waals surface area contributed by atoms with Gasteiger partial charge in [0.1, 0.15) is 5.75 Å². The molecule has 0 aromatic heterocycles. The highest BCUT2D eigenvalue weighted by Crippen LogP contribution is 2.34. The molecule has 17 heavy (non-hydrogen) atoms. The lowest BCUT2D eigenvalue weighted by atomic mass is 10.1. The Hall–Kier alpha value is -1.59. The predicted octanol–water partition coefficient (Wildman–Crippen LogP) is 0.218. The van der Waals surface area contributed by atoms with Crippen LogP contribution in [0.25, 0.3) is 0 Å². The van der Waals surface area contributed by atoms with E-state index < -0.39 is 6.10 Å². The van der Waals surface area contributed by atoms with Gasteiger partial charge in [0.05, 0.1) is 5.69 Å². The first-order valence-corrected chi connectivity index (χ1v) is 5.68. The minimum Gasteiger partial charge on any atom is -0.479 e. The topological polar surface area (TPSA) is 81.6 Å². The molecule has 0 spiro atoms. The van der Waals surface area contributed by atoms with E-state index in [0.29, 0.717) is 25.4 Å². The van der Waals surface area contributed by atoms with E-state index in [4.69, 9.17) is 16.2 Å². The van der Waals surface area contributed by atoms with Gasteiger partial charge in [0.2, 0.25) is 0 Å². The number of nitrogens with two attached hydrogens (primary N) is 2. The van der Waals surface area contributed by atoms with Crippen molar-refractivity contribution in [3.63, 3.8) is 0 Å². The van der Waals surface area contributed by atoms with E-state index in [9.17, 15) is 4.79 Å². The number of anilines is 1. The number of ether oxygens (including phenoxy) is 1. The number of rotatable bonds is 3. The Balaban J connectivity index is 2.43. The summed E-state index contributed by atoms with van der Waals surface area (Å²) < 4.78 is 5.55. The van der Waals surface area contributed by atoms with E-state index in [1.165, 1.54) is 0 Å². The van der Waals surface area contributed by atoms with E-state index in [1.807, 2.05) is 18.2 Å². The number of nitrogens with zero attached hydrogens (tertiary/aromatic N) is 1. The molecular weight excluding hydrogens is 218 g/mol. The van der Waals surface area contributed by atoms with Gasteiger partial charge in [-0.05, 0) is 24.6 Å². The highest BCUT2D eigenvalue weighted by molar-refractivity contribution is 5.99. The molecule has 5 heteroatoms. The second-order valence-electron chi connectivity index (χ2n) is 4.04. The van der Waals surface area contributed by atoms with E-state index in [-0.39, 0.29) is 5.91 Å². The van der Waals surface area contributed by atoms with Crippen molar-refractivity contribution in [3.8, 4) is 5.75 Å². The molecule has 92 valence electrons. The first-order valence-electron chi connectivity index (χ1n) is 5.68. The Kier molecular flexibility index (Phi) is 3.31. The molecule has 1 unspecified atom stereocenters. The van der Waals surface area contributed by atoms with Gasteiger partial charge in [-0.1, -0.05) is 6.07 Å². The average molecular weight is 235 g/mol. The average Bonchev–Trinajstić information content (AvgIpc) is 2.34. The van der Waals surface area contributed by atoms with Gasteiger partial charge in [0, 0.05) is 19.6 Å². The first-order chi connectivity index (χ1) is 8.17. The van der Waals surface area contributed by atoms with Crippen molar-refractivity contribution >= 4 is 11.6 Å². The van der Waals surface area contributed by atoms with Crippen LogP contribution in [0.2, 0.25) is 0 Å². The molecule has 0 bridgehead atoms. The van der Waals surface area contributed by atoms with Crippen LogP contribution in [-0.4, -0.2) is 25.1 Å². The van der Waals surface area contributed by atoms with Crippen LogP contribution in [0.5, 0.6) is 5.75 Å². The molecule has 4 N–H and O–H groups in total. The molecule has 0 fully saturated rings. The molecule has 0 saturated heterocycles. The summed E-state index contributed by atoms with van der Waals surface area (Å²) >= 11 is 0. The molecule has 0 saturated carbocycles. The molecule has 1 heterocycles. The normalized spacial score (nSPS) is 18.9. The van der Waals surface area contributed by atoms with Crippen molar-refractivity contribution in [2.75, 3.05) is 18.0 Å². The third kappa shape index (κ3) is 2.11. The zero-order valence-electron chi connectivity index (χ0n) is 9.85. The van der Waals surface area contributed by atoms with E-state index >= 15 is 0 Å². The van der Waals surface area contributed by atoms with Crippen molar-refractivity contribution in [1.82, 2.24) is 0 Å². The molecule has 1 atom stereocenters. The van der Waals surface area contributed by atoms with Gasteiger partial charge in [-0.3, -0.25) is 4.79 Å². The number of fused-ring (bicyclic) bond motifs is 1. The first kappa shape index (κ1) is 11.9. The Morgan fingerprint density at radius 2 is 2.18 bits per heavy atom.